The lowest BCUT2D eigenvalue weighted by Gasteiger charge is -2.20. The van der Waals surface area contributed by atoms with E-state index >= 15 is 0 Å². The number of halogens is 1. The topological polar surface area (TPSA) is 117 Å². The zero-order valence-electron chi connectivity index (χ0n) is 17.0. The molecule has 2 fully saturated rings. The summed E-state index contributed by atoms with van der Waals surface area (Å²) in [5.74, 6) is -0.0303. The highest BCUT2D eigenvalue weighted by Gasteiger charge is 2.51. The fourth-order valence-electron chi connectivity index (χ4n) is 4.04. The van der Waals surface area contributed by atoms with Crippen molar-refractivity contribution in [2.24, 2.45) is 0 Å². The minimum Gasteiger partial charge on any atom is -0.356 e. The normalized spacial score (nSPS) is 17.4. The molecule has 1 saturated carbocycles. The molecule has 31 heavy (non-hydrogen) atoms. The molecule has 1 aromatic heterocycles. The summed E-state index contributed by atoms with van der Waals surface area (Å²) < 4.78 is 18.1. The third kappa shape index (κ3) is 4.57. The fourth-order valence-corrected chi connectivity index (χ4v) is 4.04. The first-order chi connectivity index (χ1) is 15.0. The molecule has 164 valence electrons. The molecule has 0 unspecified atom stereocenters. The molecule has 9 nitrogen and oxygen atoms in total. The second-order valence-corrected chi connectivity index (χ2v) is 7.90. The van der Waals surface area contributed by atoms with Gasteiger partial charge < -0.3 is 15.2 Å². The van der Waals surface area contributed by atoms with Crippen LogP contribution in [-0.2, 0) is 16.0 Å². The first kappa shape index (κ1) is 21.0. The number of rotatable bonds is 8. The van der Waals surface area contributed by atoms with Crippen molar-refractivity contribution in [1.82, 2.24) is 25.7 Å². The monoisotopic (exact) mass is 429 g/mol. The van der Waals surface area contributed by atoms with E-state index in [4.69, 9.17) is 4.52 Å². The molecule has 4 rings (SSSR count). The lowest BCUT2D eigenvalue weighted by atomic mass is 9.98. The molecule has 1 saturated heterocycles. The van der Waals surface area contributed by atoms with Gasteiger partial charge in [0.15, 0.2) is 0 Å². The Morgan fingerprint density at radius 3 is 2.71 bits per heavy atom. The van der Waals surface area contributed by atoms with Crippen molar-refractivity contribution in [3.63, 3.8) is 0 Å². The highest BCUT2D eigenvalue weighted by molar-refractivity contribution is 6.07. The summed E-state index contributed by atoms with van der Waals surface area (Å²) in [6, 6.07) is 5.39. The van der Waals surface area contributed by atoms with Gasteiger partial charge in [-0.25, -0.2) is 9.18 Å². The molecule has 0 atom stereocenters. The summed E-state index contributed by atoms with van der Waals surface area (Å²) in [6.45, 7) is 0.630. The Morgan fingerprint density at radius 1 is 1.23 bits per heavy atom. The van der Waals surface area contributed by atoms with E-state index in [0.717, 1.165) is 12.8 Å². The maximum atomic E-state index is 13.0. The van der Waals surface area contributed by atoms with Crippen LogP contribution in [0.1, 0.15) is 44.4 Å². The van der Waals surface area contributed by atoms with E-state index < -0.39 is 5.54 Å². The number of amides is 4. The van der Waals surface area contributed by atoms with E-state index in [1.54, 1.807) is 12.1 Å². The average Bonchev–Trinajstić information content (AvgIpc) is 3.47. The average molecular weight is 429 g/mol. The van der Waals surface area contributed by atoms with Crippen LogP contribution in [0.3, 0.4) is 0 Å². The van der Waals surface area contributed by atoms with Crippen LogP contribution in [-0.4, -0.2) is 51.5 Å². The van der Waals surface area contributed by atoms with Crippen LogP contribution >= 0.6 is 0 Å². The number of nitrogens with one attached hydrogen (secondary N) is 2. The third-order valence-electron chi connectivity index (χ3n) is 5.72. The Hall–Kier alpha value is -3.30. The van der Waals surface area contributed by atoms with Gasteiger partial charge in [0.05, 0.1) is 0 Å². The molecule has 1 aromatic carbocycles. The fraction of sp³-hybridized carbons (Fsp3) is 0.476. The molecule has 0 bridgehead atoms. The van der Waals surface area contributed by atoms with Crippen LogP contribution in [0.2, 0.25) is 0 Å². The van der Waals surface area contributed by atoms with E-state index in [0.29, 0.717) is 43.1 Å². The number of benzene rings is 1. The number of carbonyl (C=O) groups excluding carboxylic acids is 3. The Balaban J connectivity index is 1.17. The molecule has 2 heterocycles. The maximum absolute atomic E-state index is 13.0. The summed E-state index contributed by atoms with van der Waals surface area (Å²) in [7, 11) is 0. The summed E-state index contributed by atoms with van der Waals surface area (Å²) in [5, 5.41) is 9.46. The van der Waals surface area contributed by atoms with Crippen molar-refractivity contribution in [2.75, 3.05) is 13.1 Å². The standard InChI is InChI=1S/C21H24FN5O4/c22-15-6-4-14(5-7-15)18-24-17(31-26-18)9-8-16(28)23-12-3-13-27-19(29)21(25-20(27)30)10-1-2-11-21/h4-7H,1-3,8-13H2,(H,23,28)(H,25,30). The van der Waals surface area contributed by atoms with Crippen LogP contribution in [0, 0.1) is 5.82 Å². The Labute approximate surface area is 178 Å². The van der Waals surface area contributed by atoms with Crippen molar-refractivity contribution in [2.45, 2.75) is 50.5 Å². The maximum Gasteiger partial charge on any atom is 0.325 e. The van der Waals surface area contributed by atoms with Gasteiger partial charge in [-0.1, -0.05) is 18.0 Å². The van der Waals surface area contributed by atoms with Gasteiger partial charge in [-0.05, 0) is 43.5 Å². The van der Waals surface area contributed by atoms with E-state index in [2.05, 4.69) is 20.8 Å². The van der Waals surface area contributed by atoms with Crippen LogP contribution in [0.15, 0.2) is 28.8 Å². The van der Waals surface area contributed by atoms with Crippen LogP contribution < -0.4 is 10.6 Å². The van der Waals surface area contributed by atoms with E-state index in [1.165, 1.54) is 17.0 Å². The van der Waals surface area contributed by atoms with Gasteiger partial charge in [0.1, 0.15) is 11.4 Å². The predicted molar refractivity (Wildman–Crippen MR) is 107 cm³/mol. The Bertz CT molecular complexity index is 968. The van der Waals surface area contributed by atoms with Gasteiger partial charge in [0.2, 0.25) is 17.6 Å². The molecule has 1 spiro atoms. The molecular weight excluding hydrogens is 405 g/mol. The lowest BCUT2D eigenvalue weighted by molar-refractivity contribution is -0.131. The Morgan fingerprint density at radius 2 is 1.97 bits per heavy atom. The lowest BCUT2D eigenvalue weighted by Crippen LogP contribution is -2.44. The number of carbonyl (C=O) groups is 3. The minimum absolute atomic E-state index is 0.144. The van der Waals surface area contributed by atoms with E-state index in [9.17, 15) is 18.8 Å². The number of imide groups is 1. The molecule has 2 N–H and O–H groups in total. The molecule has 2 aliphatic rings. The second-order valence-electron chi connectivity index (χ2n) is 7.90. The predicted octanol–water partition coefficient (Wildman–Crippen LogP) is 2.18. The van der Waals surface area contributed by atoms with Crippen LogP contribution in [0.4, 0.5) is 9.18 Å². The molecule has 1 aliphatic carbocycles. The number of nitrogens with zero attached hydrogens (tertiary/aromatic N) is 3. The second kappa shape index (κ2) is 8.83. The van der Waals surface area contributed by atoms with Crippen molar-refractivity contribution < 1.29 is 23.3 Å². The van der Waals surface area contributed by atoms with Crippen LogP contribution in [0.5, 0.6) is 0 Å². The van der Waals surface area contributed by atoms with Crippen molar-refractivity contribution in [1.29, 1.82) is 0 Å². The number of hydrogen-bond acceptors (Lipinski definition) is 6. The molecule has 2 aromatic rings. The van der Waals surface area contributed by atoms with Gasteiger partial charge in [-0.3, -0.25) is 14.5 Å². The highest BCUT2D eigenvalue weighted by Crippen LogP contribution is 2.34. The van der Waals surface area contributed by atoms with Gasteiger partial charge in [-0.2, -0.15) is 4.98 Å². The number of aromatic nitrogens is 2. The SMILES string of the molecule is O=C(CCc1nc(-c2ccc(F)cc2)no1)NCCCN1C(=O)NC2(CCCC2)C1=O. The van der Waals surface area contributed by atoms with Crippen molar-refractivity contribution >= 4 is 17.8 Å². The zero-order valence-corrected chi connectivity index (χ0v) is 17.0. The number of hydrogen-bond donors (Lipinski definition) is 2. The first-order valence-corrected chi connectivity index (χ1v) is 10.5. The highest BCUT2D eigenvalue weighted by atomic mass is 19.1. The Kier molecular flexibility index (Phi) is 5.97. The summed E-state index contributed by atoms with van der Waals surface area (Å²) in [5.41, 5.74) is -0.0716. The molecule has 0 radical (unpaired) electrons. The van der Waals surface area contributed by atoms with Gasteiger partial charge in [0.25, 0.3) is 5.91 Å². The quantitative estimate of drug-likeness (QED) is 0.491. The molecular formula is C21H24FN5O4. The van der Waals surface area contributed by atoms with Gasteiger partial charge >= 0.3 is 6.03 Å². The van der Waals surface area contributed by atoms with E-state index in [-0.39, 0.29) is 43.0 Å². The zero-order chi connectivity index (χ0) is 21.8. The smallest absolute Gasteiger partial charge is 0.325 e. The van der Waals surface area contributed by atoms with Gasteiger partial charge in [-0.15, -0.1) is 0 Å². The van der Waals surface area contributed by atoms with Crippen molar-refractivity contribution in [3.05, 3.63) is 36.0 Å². The minimum atomic E-state index is -0.697. The van der Waals surface area contributed by atoms with Gasteiger partial charge in [0, 0.05) is 31.5 Å². The number of urea groups is 1. The van der Waals surface area contributed by atoms with Crippen LogP contribution in [0.25, 0.3) is 11.4 Å². The largest absolute Gasteiger partial charge is 0.356 e. The summed E-state index contributed by atoms with van der Waals surface area (Å²) >= 11 is 0. The third-order valence-corrected chi connectivity index (χ3v) is 5.72. The first-order valence-electron chi connectivity index (χ1n) is 10.5. The van der Waals surface area contributed by atoms with Crippen molar-refractivity contribution in [3.8, 4) is 11.4 Å². The summed E-state index contributed by atoms with van der Waals surface area (Å²) in [6.07, 6.45) is 4.21. The molecule has 10 heteroatoms. The number of aryl methyl sites for hydroxylation is 1. The van der Waals surface area contributed by atoms with E-state index in [1.807, 2.05) is 0 Å². The molecule has 4 amide bonds. The molecule has 1 aliphatic heterocycles. The summed E-state index contributed by atoms with van der Waals surface area (Å²) in [4.78, 5) is 42.2.